The molecule has 2 aromatic rings. The third-order valence-electron chi connectivity index (χ3n) is 2.96. The molecule has 2 N–H and O–H groups in total. The molecule has 2 heterocycles. The van der Waals surface area contributed by atoms with Gasteiger partial charge in [-0.1, -0.05) is 6.92 Å². The lowest BCUT2D eigenvalue weighted by atomic mass is 10.2. The largest absolute Gasteiger partial charge is 0.354 e. The Balaban J connectivity index is 2.35. The van der Waals surface area contributed by atoms with Gasteiger partial charge >= 0.3 is 0 Å². The van der Waals surface area contributed by atoms with E-state index < -0.39 is 6.04 Å². The predicted octanol–water partition coefficient (Wildman–Crippen LogP) is 2.09. The van der Waals surface area contributed by atoms with Crippen LogP contribution in [0.1, 0.15) is 26.3 Å². The molecule has 106 valence electrons. The van der Waals surface area contributed by atoms with Crippen LogP contribution in [0.5, 0.6) is 0 Å². The van der Waals surface area contributed by atoms with Crippen molar-refractivity contribution in [3.63, 3.8) is 0 Å². The molecule has 0 saturated carbocycles. The maximum absolute atomic E-state index is 12.1. The van der Waals surface area contributed by atoms with Crippen LogP contribution < -0.4 is 5.32 Å². The van der Waals surface area contributed by atoms with Gasteiger partial charge in [0, 0.05) is 24.5 Å². The fourth-order valence-electron chi connectivity index (χ4n) is 1.88. The Kier molecular flexibility index (Phi) is 4.62. The van der Waals surface area contributed by atoms with Crippen molar-refractivity contribution in [1.29, 1.82) is 0 Å². The zero-order valence-corrected chi connectivity index (χ0v) is 12.3. The number of hydrogen-bond acceptors (Lipinski definition) is 4. The van der Waals surface area contributed by atoms with Gasteiger partial charge < -0.3 is 5.32 Å². The summed E-state index contributed by atoms with van der Waals surface area (Å²) in [4.78, 5) is 16.1. The number of amides is 1. The van der Waals surface area contributed by atoms with Crippen LogP contribution in [0.2, 0.25) is 0 Å². The SMILES string of the molecule is CCCNC(=O)C(C)n1c(-c2ccncc2)n[nH]c1=S. The Hall–Kier alpha value is -2.02. The second-order valence-electron chi connectivity index (χ2n) is 4.43. The molecule has 1 amide bonds. The Morgan fingerprint density at radius 2 is 2.20 bits per heavy atom. The zero-order chi connectivity index (χ0) is 14.5. The van der Waals surface area contributed by atoms with E-state index in [0.717, 1.165) is 12.0 Å². The number of hydrogen-bond donors (Lipinski definition) is 2. The van der Waals surface area contributed by atoms with Gasteiger partial charge in [0.05, 0.1) is 0 Å². The van der Waals surface area contributed by atoms with E-state index in [1.54, 1.807) is 23.9 Å². The molecule has 0 aliphatic carbocycles. The number of pyridine rings is 1. The minimum Gasteiger partial charge on any atom is -0.354 e. The second-order valence-corrected chi connectivity index (χ2v) is 4.81. The Bertz CT molecular complexity index is 634. The van der Waals surface area contributed by atoms with Crippen LogP contribution in [0.15, 0.2) is 24.5 Å². The molecule has 0 bridgehead atoms. The van der Waals surface area contributed by atoms with Crippen molar-refractivity contribution in [3.8, 4) is 11.4 Å². The molecule has 2 aromatic heterocycles. The van der Waals surface area contributed by atoms with Crippen LogP contribution in [0.25, 0.3) is 11.4 Å². The van der Waals surface area contributed by atoms with Gasteiger partial charge in [-0.2, -0.15) is 5.10 Å². The van der Waals surface area contributed by atoms with Crippen molar-refractivity contribution in [2.24, 2.45) is 0 Å². The molecule has 0 spiro atoms. The van der Waals surface area contributed by atoms with Crippen molar-refractivity contribution >= 4 is 18.1 Å². The van der Waals surface area contributed by atoms with E-state index in [2.05, 4.69) is 20.5 Å². The highest BCUT2D eigenvalue weighted by atomic mass is 32.1. The number of aromatic amines is 1. The van der Waals surface area contributed by atoms with E-state index in [1.165, 1.54) is 0 Å². The zero-order valence-electron chi connectivity index (χ0n) is 11.5. The van der Waals surface area contributed by atoms with Gasteiger partial charge in [0.15, 0.2) is 10.6 Å². The topological polar surface area (TPSA) is 75.6 Å². The standard InChI is InChI=1S/C13H17N5OS/c1-3-6-15-12(19)9(2)18-11(16-17-13(18)20)10-4-7-14-8-5-10/h4-5,7-9H,3,6H2,1-2H3,(H,15,19)(H,17,20). The predicted molar refractivity (Wildman–Crippen MR) is 78.7 cm³/mol. The lowest BCUT2D eigenvalue weighted by molar-refractivity contribution is -0.123. The summed E-state index contributed by atoms with van der Waals surface area (Å²) in [5, 5.41) is 9.82. The Labute approximate surface area is 122 Å². The number of carbonyl (C=O) groups excluding carboxylic acids is 1. The van der Waals surface area contributed by atoms with Crippen LogP contribution in [0.3, 0.4) is 0 Å². The first-order valence-electron chi connectivity index (χ1n) is 6.50. The van der Waals surface area contributed by atoms with Gasteiger partial charge in [0.25, 0.3) is 0 Å². The van der Waals surface area contributed by atoms with Gasteiger partial charge in [-0.3, -0.25) is 19.4 Å². The normalized spacial score (nSPS) is 12.1. The number of carbonyl (C=O) groups is 1. The average molecular weight is 291 g/mol. The maximum atomic E-state index is 12.1. The molecule has 20 heavy (non-hydrogen) atoms. The van der Waals surface area contributed by atoms with Gasteiger partial charge in [0.2, 0.25) is 5.91 Å². The summed E-state index contributed by atoms with van der Waals surface area (Å²) >= 11 is 5.23. The highest BCUT2D eigenvalue weighted by Gasteiger charge is 2.20. The number of nitrogens with zero attached hydrogens (tertiary/aromatic N) is 3. The fourth-order valence-corrected chi connectivity index (χ4v) is 2.17. The molecule has 2 rings (SSSR count). The molecule has 1 atom stereocenters. The molecular formula is C13H17N5OS. The van der Waals surface area contributed by atoms with E-state index in [1.807, 2.05) is 19.1 Å². The fraction of sp³-hybridized carbons (Fsp3) is 0.385. The van der Waals surface area contributed by atoms with Crippen LogP contribution in [0.4, 0.5) is 0 Å². The smallest absolute Gasteiger partial charge is 0.242 e. The van der Waals surface area contributed by atoms with Gasteiger partial charge in [0.1, 0.15) is 6.04 Å². The van der Waals surface area contributed by atoms with E-state index >= 15 is 0 Å². The minimum atomic E-state index is -0.420. The summed E-state index contributed by atoms with van der Waals surface area (Å²) in [5.74, 6) is 0.566. The molecule has 0 radical (unpaired) electrons. The summed E-state index contributed by atoms with van der Waals surface area (Å²) in [5.41, 5.74) is 0.863. The molecule has 0 fully saturated rings. The number of nitrogens with one attached hydrogen (secondary N) is 2. The Morgan fingerprint density at radius 1 is 1.50 bits per heavy atom. The van der Waals surface area contributed by atoms with Gasteiger partial charge in [-0.15, -0.1) is 0 Å². The average Bonchev–Trinajstić information content (AvgIpc) is 2.86. The third-order valence-corrected chi connectivity index (χ3v) is 3.25. The minimum absolute atomic E-state index is 0.0698. The third kappa shape index (κ3) is 2.93. The van der Waals surface area contributed by atoms with Crippen molar-refractivity contribution in [3.05, 3.63) is 29.3 Å². The van der Waals surface area contributed by atoms with Crippen LogP contribution in [0, 0.1) is 4.77 Å². The van der Waals surface area contributed by atoms with E-state index in [-0.39, 0.29) is 5.91 Å². The van der Waals surface area contributed by atoms with Gasteiger partial charge in [-0.25, -0.2) is 0 Å². The summed E-state index contributed by atoms with van der Waals surface area (Å²) < 4.78 is 2.14. The summed E-state index contributed by atoms with van der Waals surface area (Å²) in [7, 11) is 0. The monoisotopic (exact) mass is 291 g/mol. The van der Waals surface area contributed by atoms with Crippen LogP contribution in [-0.2, 0) is 4.79 Å². The number of aromatic nitrogens is 4. The van der Waals surface area contributed by atoms with Crippen LogP contribution in [-0.4, -0.2) is 32.2 Å². The Morgan fingerprint density at radius 3 is 2.85 bits per heavy atom. The number of H-pyrrole nitrogens is 1. The van der Waals surface area contributed by atoms with E-state index in [4.69, 9.17) is 12.2 Å². The van der Waals surface area contributed by atoms with Crippen LogP contribution >= 0.6 is 12.2 Å². The van der Waals surface area contributed by atoms with Crippen molar-refractivity contribution in [2.45, 2.75) is 26.3 Å². The first-order chi connectivity index (χ1) is 9.65. The van der Waals surface area contributed by atoms with Crippen molar-refractivity contribution in [1.82, 2.24) is 25.1 Å². The molecule has 0 aliphatic heterocycles. The van der Waals surface area contributed by atoms with E-state index in [9.17, 15) is 4.79 Å². The molecule has 0 aliphatic rings. The maximum Gasteiger partial charge on any atom is 0.242 e. The summed E-state index contributed by atoms with van der Waals surface area (Å²) in [6, 6.07) is 3.24. The molecule has 6 nitrogen and oxygen atoms in total. The number of rotatable bonds is 5. The second kappa shape index (κ2) is 6.42. The molecule has 0 aromatic carbocycles. The summed E-state index contributed by atoms with van der Waals surface area (Å²) in [6.07, 6.45) is 4.25. The van der Waals surface area contributed by atoms with E-state index in [0.29, 0.717) is 17.1 Å². The van der Waals surface area contributed by atoms with Gasteiger partial charge in [-0.05, 0) is 37.7 Å². The molecular weight excluding hydrogens is 274 g/mol. The van der Waals surface area contributed by atoms with Crippen molar-refractivity contribution < 1.29 is 4.79 Å². The highest BCUT2D eigenvalue weighted by Crippen LogP contribution is 2.20. The van der Waals surface area contributed by atoms with Crippen molar-refractivity contribution in [2.75, 3.05) is 6.54 Å². The first kappa shape index (κ1) is 14.4. The molecule has 7 heteroatoms. The molecule has 0 saturated heterocycles. The highest BCUT2D eigenvalue weighted by molar-refractivity contribution is 7.71. The molecule has 1 unspecified atom stereocenters. The lowest BCUT2D eigenvalue weighted by Crippen LogP contribution is -2.31. The summed E-state index contributed by atoms with van der Waals surface area (Å²) in [6.45, 7) is 4.47. The quantitative estimate of drug-likeness (QED) is 0.827. The first-order valence-corrected chi connectivity index (χ1v) is 6.91. The lowest BCUT2D eigenvalue weighted by Gasteiger charge is -2.15.